The Labute approximate surface area is 285 Å². The number of anilines is 1. The van der Waals surface area contributed by atoms with Crippen LogP contribution in [-0.4, -0.2) is 133 Å². The van der Waals surface area contributed by atoms with E-state index >= 15 is 0 Å². The van der Waals surface area contributed by atoms with Crippen LogP contribution in [0.3, 0.4) is 0 Å². The first-order valence-corrected chi connectivity index (χ1v) is 16.5. The maximum atomic E-state index is 13.2. The van der Waals surface area contributed by atoms with Crippen molar-refractivity contribution in [1.82, 2.24) is 10.2 Å². The van der Waals surface area contributed by atoms with E-state index < -0.39 is 29.7 Å². The minimum absolute atomic E-state index is 0.0278. The molecule has 2 heterocycles. The number of hydrogen-bond donors (Lipinski definition) is 2. The molecule has 1 saturated heterocycles. The van der Waals surface area contributed by atoms with E-state index in [1.54, 1.807) is 12.1 Å². The van der Waals surface area contributed by atoms with Gasteiger partial charge in [-0.15, -0.1) is 0 Å². The van der Waals surface area contributed by atoms with Gasteiger partial charge in [-0.1, -0.05) is 12.5 Å². The topological polar surface area (TPSA) is 194 Å². The van der Waals surface area contributed by atoms with Gasteiger partial charge in [0.25, 0.3) is 11.8 Å². The zero-order chi connectivity index (χ0) is 35.3. The molecule has 1 fully saturated rings. The highest BCUT2D eigenvalue weighted by Crippen LogP contribution is 2.32. The van der Waals surface area contributed by atoms with Crippen molar-refractivity contribution in [3.05, 3.63) is 29.3 Å². The highest BCUT2D eigenvalue weighted by atomic mass is 16.6. The first kappa shape index (κ1) is 39.6. The zero-order valence-electron chi connectivity index (χ0n) is 28.0. The summed E-state index contributed by atoms with van der Waals surface area (Å²) in [6.07, 6.45) is 2.67. The lowest BCUT2D eigenvalue weighted by atomic mass is 10.0. The smallest absolute Gasteiger partial charge is 0.307 e. The van der Waals surface area contributed by atoms with Crippen molar-refractivity contribution in [3.8, 4) is 0 Å². The standard InChI is InChI=1S/C33H47N3O13/c1-43-29(39)11-13-45-15-17-47-19-21-49-23-22-48-20-18-46-16-14-44-12-4-2-3-8-27(37)34-25-7-5-6-24-30(25)33(42)36(32(24)41)26-9-10-28(38)35-31(26)40/h5-7,26H,2-4,8-23H2,1H3,(H,34,37)(H,35,38,40). The van der Waals surface area contributed by atoms with Crippen LogP contribution in [0.2, 0.25) is 0 Å². The molecule has 0 bridgehead atoms. The molecule has 16 nitrogen and oxygen atoms in total. The predicted octanol–water partition coefficient (Wildman–Crippen LogP) is 1.25. The number of esters is 1. The summed E-state index contributed by atoms with van der Waals surface area (Å²) in [4.78, 5) is 74.3. The van der Waals surface area contributed by atoms with Gasteiger partial charge in [0, 0.05) is 19.4 Å². The molecular weight excluding hydrogens is 646 g/mol. The lowest BCUT2D eigenvalue weighted by Gasteiger charge is -2.27. The Hall–Kier alpha value is -3.80. The summed E-state index contributed by atoms with van der Waals surface area (Å²) in [7, 11) is 1.34. The molecule has 1 unspecified atom stereocenters. The Morgan fingerprint density at radius 3 is 1.88 bits per heavy atom. The Bertz CT molecular complexity index is 1260. The van der Waals surface area contributed by atoms with Crippen LogP contribution in [0.15, 0.2) is 18.2 Å². The summed E-state index contributed by atoms with van der Waals surface area (Å²) >= 11 is 0. The quantitative estimate of drug-likeness (QED) is 0.0801. The molecule has 2 aliphatic heterocycles. The van der Waals surface area contributed by atoms with Gasteiger partial charge in [-0.25, -0.2) is 0 Å². The molecule has 0 spiro atoms. The predicted molar refractivity (Wildman–Crippen MR) is 172 cm³/mol. The summed E-state index contributed by atoms with van der Waals surface area (Å²) < 4.78 is 37.1. The highest BCUT2D eigenvalue weighted by molar-refractivity contribution is 6.26. The van der Waals surface area contributed by atoms with Crippen LogP contribution in [0.5, 0.6) is 0 Å². The summed E-state index contributed by atoms with van der Waals surface area (Å²) in [5.41, 5.74) is 0.376. The van der Waals surface area contributed by atoms with Crippen molar-refractivity contribution in [2.75, 3.05) is 91.7 Å². The number of carbonyl (C=O) groups is 6. The minimum atomic E-state index is -1.07. The van der Waals surface area contributed by atoms with Crippen LogP contribution >= 0.6 is 0 Å². The molecule has 49 heavy (non-hydrogen) atoms. The number of imide groups is 2. The van der Waals surface area contributed by atoms with E-state index in [0.29, 0.717) is 85.7 Å². The SMILES string of the molecule is COC(=O)CCOCCOCCOCCOCCOCCOCCCCCC(=O)Nc1cccc2c1C(=O)N(C1CCC(=O)NC1=O)C2=O. The molecular formula is C33H47N3O13. The van der Waals surface area contributed by atoms with Gasteiger partial charge in [0.05, 0.1) is 103 Å². The van der Waals surface area contributed by atoms with Crippen LogP contribution < -0.4 is 10.6 Å². The lowest BCUT2D eigenvalue weighted by Crippen LogP contribution is -2.54. The molecule has 1 aromatic rings. The lowest BCUT2D eigenvalue weighted by molar-refractivity contribution is -0.142. The summed E-state index contributed by atoms with van der Waals surface area (Å²) in [5.74, 6) is -3.03. The third-order valence-electron chi connectivity index (χ3n) is 7.47. The molecule has 0 aliphatic carbocycles. The Kier molecular flexibility index (Phi) is 18.4. The van der Waals surface area contributed by atoms with E-state index in [1.807, 2.05) is 0 Å². The fourth-order valence-corrected chi connectivity index (χ4v) is 4.96. The average molecular weight is 694 g/mol. The van der Waals surface area contributed by atoms with Gasteiger partial charge in [0.2, 0.25) is 17.7 Å². The number of unbranched alkanes of at least 4 members (excludes halogenated alkanes) is 2. The Balaban J connectivity index is 1.12. The second-order valence-electron chi connectivity index (χ2n) is 11.0. The van der Waals surface area contributed by atoms with Crippen molar-refractivity contribution in [2.45, 2.75) is 51.0 Å². The maximum absolute atomic E-state index is 13.2. The van der Waals surface area contributed by atoms with Gasteiger partial charge in [-0.2, -0.15) is 0 Å². The van der Waals surface area contributed by atoms with Crippen molar-refractivity contribution in [1.29, 1.82) is 0 Å². The van der Waals surface area contributed by atoms with Crippen molar-refractivity contribution < 1.29 is 61.9 Å². The largest absolute Gasteiger partial charge is 0.469 e. The summed E-state index contributed by atoms with van der Waals surface area (Å²) in [6, 6.07) is 3.52. The first-order valence-electron chi connectivity index (χ1n) is 16.5. The maximum Gasteiger partial charge on any atom is 0.307 e. The molecule has 16 heteroatoms. The van der Waals surface area contributed by atoms with Crippen LogP contribution in [0.25, 0.3) is 0 Å². The van der Waals surface area contributed by atoms with Crippen LogP contribution in [0, 0.1) is 0 Å². The molecule has 0 aromatic heterocycles. The second kappa shape index (κ2) is 22.8. The van der Waals surface area contributed by atoms with E-state index in [-0.39, 0.29) is 54.4 Å². The number of fused-ring (bicyclic) bond motifs is 1. The van der Waals surface area contributed by atoms with Gasteiger partial charge >= 0.3 is 5.97 Å². The van der Waals surface area contributed by atoms with Crippen molar-refractivity contribution in [2.24, 2.45) is 0 Å². The molecule has 1 aromatic carbocycles. The third-order valence-corrected chi connectivity index (χ3v) is 7.47. The molecule has 1 atom stereocenters. The number of amides is 5. The first-order chi connectivity index (χ1) is 23.8. The van der Waals surface area contributed by atoms with Gasteiger partial charge in [0.1, 0.15) is 6.04 Å². The fraction of sp³-hybridized carbons (Fsp3) is 0.636. The number of rotatable bonds is 26. The number of methoxy groups -OCH3 is 1. The molecule has 2 N–H and O–H groups in total. The molecule has 0 saturated carbocycles. The monoisotopic (exact) mass is 693 g/mol. The molecule has 272 valence electrons. The van der Waals surface area contributed by atoms with E-state index in [9.17, 15) is 28.8 Å². The Morgan fingerprint density at radius 1 is 0.735 bits per heavy atom. The minimum Gasteiger partial charge on any atom is -0.469 e. The van der Waals surface area contributed by atoms with Crippen LogP contribution in [0.1, 0.15) is 65.7 Å². The number of carbonyl (C=O) groups excluding carboxylic acids is 6. The Morgan fingerprint density at radius 2 is 1.31 bits per heavy atom. The number of ether oxygens (including phenoxy) is 7. The van der Waals surface area contributed by atoms with E-state index in [4.69, 9.17) is 28.4 Å². The number of hydrogen-bond acceptors (Lipinski definition) is 13. The molecule has 0 radical (unpaired) electrons. The molecule has 3 rings (SSSR count). The molecule has 2 aliphatic rings. The second-order valence-corrected chi connectivity index (χ2v) is 11.0. The number of piperidine rings is 1. The van der Waals surface area contributed by atoms with Crippen LogP contribution in [-0.2, 0) is 52.3 Å². The number of nitrogens with one attached hydrogen (secondary N) is 2. The fourth-order valence-electron chi connectivity index (χ4n) is 4.96. The third kappa shape index (κ3) is 13.9. The van der Waals surface area contributed by atoms with E-state index in [1.165, 1.54) is 13.2 Å². The highest BCUT2D eigenvalue weighted by Gasteiger charge is 2.45. The normalized spacial score (nSPS) is 15.8. The number of benzene rings is 1. The molecule has 5 amide bonds. The number of nitrogens with zero attached hydrogens (tertiary/aromatic N) is 1. The van der Waals surface area contributed by atoms with Crippen molar-refractivity contribution in [3.63, 3.8) is 0 Å². The summed E-state index contributed by atoms with van der Waals surface area (Å²) in [5, 5.41) is 4.89. The van der Waals surface area contributed by atoms with Gasteiger partial charge in [-0.3, -0.25) is 39.0 Å². The van der Waals surface area contributed by atoms with Gasteiger partial charge < -0.3 is 38.5 Å². The van der Waals surface area contributed by atoms with Crippen molar-refractivity contribution >= 4 is 41.2 Å². The van der Waals surface area contributed by atoms with E-state index in [0.717, 1.165) is 17.7 Å². The van der Waals surface area contributed by atoms with Gasteiger partial charge in [0.15, 0.2) is 0 Å². The summed E-state index contributed by atoms with van der Waals surface area (Å²) in [6.45, 7) is 5.22. The zero-order valence-corrected chi connectivity index (χ0v) is 28.0. The van der Waals surface area contributed by atoms with Gasteiger partial charge in [-0.05, 0) is 31.4 Å². The van der Waals surface area contributed by atoms with Crippen LogP contribution in [0.4, 0.5) is 5.69 Å². The average Bonchev–Trinajstić information content (AvgIpc) is 3.34. The van der Waals surface area contributed by atoms with E-state index in [2.05, 4.69) is 15.4 Å².